The fraction of sp³-hybridized carbons (Fsp3) is 0.300. The molecule has 0 saturated carbocycles. The number of fused-ring (bicyclic) bond motifs is 1. The minimum absolute atomic E-state index is 0.0720. The first-order chi connectivity index (χ1) is 7.18. The number of benzene rings is 1. The third-order valence-corrected chi connectivity index (χ3v) is 2.23. The highest BCUT2D eigenvalue weighted by molar-refractivity contribution is 5.66. The van der Waals surface area contributed by atoms with E-state index in [1.54, 1.807) is 24.3 Å². The van der Waals surface area contributed by atoms with Crippen molar-refractivity contribution in [1.82, 2.24) is 0 Å². The Kier molecular flexibility index (Phi) is 2.37. The lowest BCUT2D eigenvalue weighted by molar-refractivity contribution is -0.529. The van der Waals surface area contributed by atoms with E-state index in [1.807, 2.05) is 0 Å². The van der Waals surface area contributed by atoms with Crippen LogP contribution in [0.5, 0.6) is 5.75 Å². The maximum Gasteiger partial charge on any atom is 0.351 e. The first kappa shape index (κ1) is 9.64. The van der Waals surface area contributed by atoms with E-state index in [-0.39, 0.29) is 12.8 Å². The van der Waals surface area contributed by atoms with Gasteiger partial charge in [0, 0.05) is 11.0 Å². The molecule has 1 N–H and O–H groups in total. The predicted molar refractivity (Wildman–Crippen MR) is 51.0 cm³/mol. The number of hydrogen-bond donors (Lipinski definition) is 1. The summed E-state index contributed by atoms with van der Waals surface area (Å²) in [5, 5.41) is 8.50. The number of rotatable bonds is 3. The zero-order valence-electron chi connectivity index (χ0n) is 7.92. The van der Waals surface area contributed by atoms with Crippen LogP contribution in [0.25, 0.3) is 0 Å². The van der Waals surface area contributed by atoms with Gasteiger partial charge in [-0.2, -0.15) is 0 Å². The Bertz CT molecular complexity index is 416. The molecule has 5 heteroatoms. The van der Waals surface area contributed by atoms with Crippen LogP contribution >= 0.6 is 0 Å². The molecule has 0 amide bonds. The van der Waals surface area contributed by atoms with Crippen LogP contribution in [0.1, 0.15) is 12.8 Å². The number of carbonyl (C=O) groups is 1. The minimum atomic E-state index is -0.928. The summed E-state index contributed by atoms with van der Waals surface area (Å²) in [5.74, 6) is -0.411. The lowest BCUT2D eigenvalue weighted by atomic mass is 10.3. The van der Waals surface area contributed by atoms with Gasteiger partial charge in [-0.3, -0.25) is 4.79 Å². The summed E-state index contributed by atoms with van der Waals surface area (Å²) in [4.78, 5) is 22.0. The average Bonchev–Trinajstić information content (AvgIpc) is 2.54. The zero-order valence-corrected chi connectivity index (χ0v) is 7.92. The second-order valence-corrected chi connectivity index (χ2v) is 3.30. The Morgan fingerprint density at radius 1 is 1.47 bits per heavy atom. The third-order valence-electron chi connectivity index (χ3n) is 2.23. The number of nitroso groups, excluding NO2 is 1. The molecule has 1 atom stereocenters. The van der Waals surface area contributed by atoms with Crippen LogP contribution in [0.2, 0.25) is 0 Å². The molecule has 2 rings (SSSR count). The van der Waals surface area contributed by atoms with Gasteiger partial charge < -0.3 is 9.84 Å². The van der Waals surface area contributed by atoms with Crippen molar-refractivity contribution >= 4 is 11.7 Å². The second kappa shape index (κ2) is 3.68. The first-order valence-corrected chi connectivity index (χ1v) is 4.62. The van der Waals surface area contributed by atoms with Crippen molar-refractivity contribution in [3.8, 4) is 5.75 Å². The Morgan fingerprint density at radius 3 is 2.87 bits per heavy atom. The van der Waals surface area contributed by atoms with E-state index in [1.165, 1.54) is 0 Å². The predicted octanol–water partition coefficient (Wildman–Crippen LogP) is 1.68. The van der Waals surface area contributed by atoms with E-state index < -0.39 is 12.2 Å². The molecular weight excluding hydrogens is 198 g/mol. The van der Waals surface area contributed by atoms with Crippen LogP contribution in [0.15, 0.2) is 24.3 Å². The molecule has 0 aromatic heterocycles. The van der Waals surface area contributed by atoms with Crippen molar-refractivity contribution in [3.05, 3.63) is 29.2 Å². The Morgan fingerprint density at radius 2 is 2.20 bits per heavy atom. The van der Waals surface area contributed by atoms with E-state index >= 15 is 0 Å². The topological polar surface area (TPSA) is 66.6 Å². The smallest absolute Gasteiger partial charge is 0.351 e. The molecule has 0 radical (unpaired) electrons. The van der Waals surface area contributed by atoms with Gasteiger partial charge >= 0.3 is 17.9 Å². The fourth-order valence-electron chi connectivity index (χ4n) is 1.51. The quantitative estimate of drug-likeness (QED) is 0.767. The van der Waals surface area contributed by atoms with Crippen LogP contribution in [0, 0.1) is 4.91 Å². The number of hydrogen-bond acceptors (Lipinski definition) is 3. The van der Waals surface area contributed by atoms with E-state index in [2.05, 4.69) is 0 Å². The molecule has 1 heterocycles. The van der Waals surface area contributed by atoms with Gasteiger partial charge in [0.05, 0.1) is 17.6 Å². The number of ether oxygens (including phenoxy) is 1. The fourth-order valence-corrected chi connectivity index (χ4v) is 1.51. The SMILES string of the molecule is O=C(O)CCC1Oc2ccccc2[N+]1=O. The van der Waals surface area contributed by atoms with Crippen molar-refractivity contribution in [2.75, 3.05) is 0 Å². The van der Waals surface area contributed by atoms with Crippen molar-refractivity contribution in [2.45, 2.75) is 19.1 Å². The molecule has 5 nitrogen and oxygen atoms in total. The minimum Gasteiger partial charge on any atom is -0.481 e. The van der Waals surface area contributed by atoms with Crippen LogP contribution in [-0.4, -0.2) is 22.1 Å². The van der Waals surface area contributed by atoms with Crippen molar-refractivity contribution in [2.24, 2.45) is 0 Å². The second-order valence-electron chi connectivity index (χ2n) is 3.30. The molecule has 0 spiro atoms. The van der Waals surface area contributed by atoms with Gasteiger partial charge in [-0.05, 0) is 6.07 Å². The van der Waals surface area contributed by atoms with E-state index in [0.717, 1.165) is 4.76 Å². The van der Waals surface area contributed by atoms with Gasteiger partial charge in [-0.15, -0.1) is 0 Å². The summed E-state index contributed by atoms with van der Waals surface area (Å²) in [7, 11) is 0. The van der Waals surface area contributed by atoms with Crippen LogP contribution in [0.4, 0.5) is 5.69 Å². The van der Waals surface area contributed by atoms with Gasteiger partial charge in [0.25, 0.3) is 0 Å². The summed E-state index contributed by atoms with van der Waals surface area (Å²) in [5.41, 5.74) is 0.466. The number of carboxylic acids is 1. The molecule has 0 aliphatic carbocycles. The average molecular weight is 208 g/mol. The summed E-state index contributed by atoms with van der Waals surface area (Å²) in [6, 6.07) is 6.86. The third kappa shape index (κ3) is 1.81. The Hall–Kier alpha value is -1.91. The molecule has 0 saturated heterocycles. The molecule has 0 bridgehead atoms. The lowest BCUT2D eigenvalue weighted by Gasteiger charge is -1.99. The van der Waals surface area contributed by atoms with Crippen LogP contribution < -0.4 is 4.74 Å². The monoisotopic (exact) mass is 208 g/mol. The summed E-state index contributed by atoms with van der Waals surface area (Å²) in [6.07, 6.45) is -0.594. The van der Waals surface area contributed by atoms with E-state index in [0.29, 0.717) is 11.4 Å². The highest BCUT2D eigenvalue weighted by Gasteiger charge is 2.40. The highest BCUT2D eigenvalue weighted by Crippen LogP contribution is 2.35. The van der Waals surface area contributed by atoms with E-state index in [9.17, 15) is 9.70 Å². The summed E-state index contributed by atoms with van der Waals surface area (Å²) < 4.78 is 6.04. The van der Waals surface area contributed by atoms with E-state index in [4.69, 9.17) is 9.84 Å². The number of aliphatic carboxylic acids is 1. The van der Waals surface area contributed by atoms with Gasteiger partial charge in [0.2, 0.25) is 5.75 Å². The highest BCUT2D eigenvalue weighted by atomic mass is 16.5. The van der Waals surface area contributed by atoms with Crippen molar-refractivity contribution < 1.29 is 19.4 Å². The zero-order chi connectivity index (χ0) is 10.8. The molecule has 1 unspecified atom stereocenters. The number of para-hydroxylation sites is 2. The largest absolute Gasteiger partial charge is 0.481 e. The molecule has 0 fully saturated rings. The maximum atomic E-state index is 11.6. The lowest BCUT2D eigenvalue weighted by Crippen LogP contribution is -2.21. The summed E-state index contributed by atoms with van der Waals surface area (Å²) in [6.45, 7) is 0. The van der Waals surface area contributed by atoms with Gasteiger partial charge in [-0.25, -0.2) is 0 Å². The van der Waals surface area contributed by atoms with Gasteiger partial charge in [0.1, 0.15) is 0 Å². The van der Waals surface area contributed by atoms with Gasteiger partial charge in [-0.1, -0.05) is 12.1 Å². The van der Waals surface area contributed by atoms with Crippen molar-refractivity contribution in [1.29, 1.82) is 0 Å². The van der Waals surface area contributed by atoms with Crippen molar-refractivity contribution in [3.63, 3.8) is 0 Å². The number of nitrogens with zero attached hydrogens (tertiary/aromatic N) is 1. The molecule has 1 aliphatic heterocycles. The molecule has 1 aromatic rings. The molecule has 78 valence electrons. The first-order valence-electron chi connectivity index (χ1n) is 4.62. The standard InChI is InChI=1S/C10H9NO4/c12-10(13)6-5-9-11(14)7-3-1-2-4-8(7)15-9/h1-4,9H,5-6H2/p+1. The maximum absolute atomic E-state index is 11.6. The van der Waals surface area contributed by atoms with Crippen LogP contribution in [0.3, 0.4) is 0 Å². The molecule has 1 aromatic carbocycles. The molecule has 1 aliphatic rings. The van der Waals surface area contributed by atoms with Crippen LogP contribution in [-0.2, 0) is 4.79 Å². The molecule has 15 heavy (non-hydrogen) atoms. The Labute approximate surface area is 85.9 Å². The number of carboxylic acid groups (broad SMARTS) is 1. The normalized spacial score (nSPS) is 18.4. The Balaban J connectivity index is 2.10. The summed E-state index contributed by atoms with van der Waals surface area (Å²) >= 11 is 0. The van der Waals surface area contributed by atoms with Gasteiger partial charge in [0.15, 0.2) is 0 Å². The molecular formula is C10H10NO4+.